The van der Waals surface area contributed by atoms with Gasteiger partial charge in [-0.1, -0.05) is 164 Å². The summed E-state index contributed by atoms with van der Waals surface area (Å²) in [5.41, 5.74) is 16.5. The molecular formula is C69H41N5O2. The number of nitriles is 1. The fourth-order valence-electron chi connectivity index (χ4n) is 13.3. The van der Waals surface area contributed by atoms with E-state index in [0.29, 0.717) is 12.2 Å². The molecule has 0 radical (unpaired) electrons. The minimum absolute atomic E-state index is 0.516. The van der Waals surface area contributed by atoms with E-state index in [4.69, 9.17) is 9.15 Å². The van der Waals surface area contributed by atoms with Crippen LogP contribution < -0.4 is 4.74 Å². The number of fused-ring (bicyclic) bond motifs is 18. The topological polar surface area (TPSA) is 65.9 Å². The number of aromatic nitrogens is 4. The largest absolute Gasteiger partial charge is 0.492 e. The van der Waals surface area contributed by atoms with Crippen molar-refractivity contribution < 1.29 is 9.15 Å². The Morgan fingerprint density at radius 3 is 1.32 bits per heavy atom. The van der Waals surface area contributed by atoms with Crippen LogP contribution >= 0.6 is 0 Å². The average molecular weight is 972 g/mol. The van der Waals surface area contributed by atoms with Crippen molar-refractivity contribution in [2.75, 3.05) is 6.61 Å². The standard InChI is InChI=1S/C69H41N5O2/c70-40-51-64(71-52-27-11-4-20-43(52)44-21-5-12-28-53(44)71)66(73-56-31-15-8-25-49(56)62-58(73)36-34-42-38-39-75-68(42)62)61(41-18-2-1-3-19-41)67(65(51)72-54-29-13-6-22-45(54)46-23-7-14-30-55(46)72)74-57-32-16-9-26-50(57)63-59(74)37-35-48-47-24-10-17-33-60(47)76-69(48)63/h1-37H,38-39H2. The first-order valence-corrected chi connectivity index (χ1v) is 25.9. The molecule has 11 aromatic carbocycles. The maximum atomic E-state index is 12.9. The molecule has 0 unspecified atom stereocenters. The Morgan fingerprint density at radius 2 is 0.776 bits per heavy atom. The summed E-state index contributed by atoms with van der Waals surface area (Å²) in [6.07, 6.45) is 0.842. The van der Waals surface area contributed by atoms with Gasteiger partial charge >= 0.3 is 0 Å². The third-order valence-corrected chi connectivity index (χ3v) is 16.3. The minimum atomic E-state index is 0.516. The van der Waals surface area contributed by atoms with Crippen LogP contribution in [-0.4, -0.2) is 24.9 Å². The Morgan fingerprint density at radius 1 is 0.355 bits per heavy atom. The van der Waals surface area contributed by atoms with E-state index in [-0.39, 0.29) is 0 Å². The average Bonchev–Trinajstić information content (AvgIpc) is 4.45. The normalized spacial score (nSPS) is 12.7. The van der Waals surface area contributed by atoms with Crippen molar-refractivity contribution >= 4 is 109 Å². The van der Waals surface area contributed by atoms with E-state index in [1.54, 1.807) is 0 Å². The first kappa shape index (κ1) is 41.2. The van der Waals surface area contributed by atoms with Gasteiger partial charge in [-0.25, -0.2) is 0 Å². The molecule has 354 valence electrons. The summed E-state index contributed by atoms with van der Waals surface area (Å²) in [6.45, 7) is 0.623. The molecule has 16 aromatic rings. The molecule has 76 heavy (non-hydrogen) atoms. The number of para-hydroxylation sites is 7. The molecule has 0 saturated heterocycles. The third-order valence-electron chi connectivity index (χ3n) is 16.3. The molecule has 7 nitrogen and oxygen atoms in total. The Kier molecular flexibility index (Phi) is 8.34. The molecule has 0 N–H and O–H groups in total. The number of ether oxygens (including phenoxy) is 1. The van der Waals surface area contributed by atoms with Crippen molar-refractivity contribution in [2.24, 2.45) is 0 Å². The van der Waals surface area contributed by atoms with Gasteiger partial charge in [-0.05, 0) is 71.8 Å². The number of hydrogen-bond donors (Lipinski definition) is 0. The molecule has 0 atom stereocenters. The SMILES string of the molecule is N#Cc1c(-n2c3ccccc3c3ccccc32)c(-n2c3ccccc3c3c4c(ccc32)CCO4)c(-c2ccccc2)c(-n2c3ccccc3c3c4oc5ccccc5c4ccc32)c1-n1c2ccccc2c2ccccc21. The summed E-state index contributed by atoms with van der Waals surface area (Å²) < 4.78 is 23.3. The molecule has 7 heteroatoms. The van der Waals surface area contributed by atoms with E-state index in [0.717, 1.165) is 155 Å². The van der Waals surface area contributed by atoms with Crippen molar-refractivity contribution in [3.05, 3.63) is 236 Å². The van der Waals surface area contributed by atoms with Gasteiger partial charge in [0.25, 0.3) is 0 Å². The van der Waals surface area contributed by atoms with E-state index in [2.05, 4.69) is 243 Å². The van der Waals surface area contributed by atoms with E-state index in [1.165, 1.54) is 5.56 Å². The van der Waals surface area contributed by atoms with Crippen LogP contribution in [0, 0.1) is 11.3 Å². The molecule has 0 aliphatic carbocycles. The van der Waals surface area contributed by atoms with Crippen molar-refractivity contribution in [1.29, 1.82) is 5.26 Å². The van der Waals surface area contributed by atoms with Crippen LogP contribution in [-0.2, 0) is 6.42 Å². The van der Waals surface area contributed by atoms with Gasteiger partial charge < -0.3 is 27.4 Å². The Balaban J connectivity index is 1.21. The second kappa shape index (κ2) is 15.4. The lowest BCUT2D eigenvalue weighted by Gasteiger charge is -2.29. The summed E-state index contributed by atoms with van der Waals surface area (Å²) >= 11 is 0. The molecular weight excluding hydrogens is 931 g/mol. The summed E-state index contributed by atoms with van der Waals surface area (Å²) in [6, 6.07) is 83.1. The molecule has 0 amide bonds. The zero-order chi connectivity index (χ0) is 49.8. The first-order valence-electron chi connectivity index (χ1n) is 25.9. The highest BCUT2D eigenvalue weighted by atomic mass is 16.5. The highest BCUT2D eigenvalue weighted by Crippen LogP contribution is 2.53. The Hall–Kier alpha value is -10.3. The van der Waals surface area contributed by atoms with Crippen LogP contribution in [0.4, 0.5) is 0 Å². The highest BCUT2D eigenvalue weighted by Gasteiger charge is 2.36. The monoisotopic (exact) mass is 971 g/mol. The van der Waals surface area contributed by atoms with E-state index < -0.39 is 0 Å². The fraction of sp³-hybridized carbons (Fsp3) is 0.0290. The number of benzene rings is 11. The van der Waals surface area contributed by atoms with Gasteiger partial charge in [-0.15, -0.1) is 0 Å². The quantitative estimate of drug-likeness (QED) is 0.173. The maximum absolute atomic E-state index is 12.9. The van der Waals surface area contributed by atoms with Gasteiger partial charge in [-0.3, -0.25) is 0 Å². The minimum Gasteiger partial charge on any atom is -0.492 e. The molecule has 0 saturated carbocycles. The summed E-state index contributed by atoms with van der Waals surface area (Å²) in [5.74, 6) is 0.923. The van der Waals surface area contributed by atoms with Gasteiger partial charge in [0.1, 0.15) is 28.5 Å². The molecule has 5 aromatic heterocycles. The van der Waals surface area contributed by atoms with Crippen LogP contribution in [0.2, 0.25) is 0 Å². The number of nitrogens with zero attached hydrogens (tertiary/aromatic N) is 5. The lowest BCUT2D eigenvalue weighted by atomic mass is 9.93. The van der Waals surface area contributed by atoms with Crippen molar-refractivity contribution in [3.63, 3.8) is 0 Å². The molecule has 0 spiro atoms. The van der Waals surface area contributed by atoms with Gasteiger partial charge in [0.05, 0.1) is 84.3 Å². The van der Waals surface area contributed by atoms with Crippen molar-refractivity contribution in [3.8, 4) is 45.7 Å². The van der Waals surface area contributed by atoms with E-state index in [9.17, 15) is 5.26 Å². The van der Waals surface area contributed by atoms with Crippen LogP contribution in [0.25, 0.3) is 143 Å². The Labute approximate surface area is 434 Å². The van der Waals surface area contributed by atoms with Gasteiger partial charge in [0.2, 0.25) is 0 Å². The van der Waals surface area contributed by atoms with Gasteiger partial charge in [0.15, 0.2) is 0 Å². The lowest BCUT2D eigenvalue weighted by Crippen LogP contribution is -2.16. The van der Waals surface area contributed by atoms with Crippen LogP contribution in [0.5, 0.6) is 5.75 Å². The molecule has 6 heterocycles. The summed E-state index contributed by atoms with van der Waals surface area (Å²) in [4.78, 5) is 0. The second-order valence-corrected chi connectivity index (χ2v) is 20.0. The zero-order valence-electron chi connectivity index (χ0n) is 40.8. The van der Waals surface area contributed by atoms with Gasteiger partial charge in [-0.2, -0.15) is 5.26 Å². The Bertz CT molecular complexity index is 5120. The lowest BCUT2D eigenvalue weighted by molar-refractivity contribution is 0.360. The zero-order valence-corrected chi connectivity index (χ0v) is 40.8. The smallest absolute Gasteiger partial charge is 0.145 e. The van der Waals surface area contributed by atoms with Crippen molar-refractivity contribution in [1.82, 2.24) is 18.3 Å². The van der Waals surface area contributed by atoms with Crippen LogP contribution in [0.1, 0.15) is 11.1 Å². The highest BCUT2D eigenvalue weighted by molar-refractivity contribution is 6.25. The van der Waals surface area contributed by atoms with E-state index >= 15 is 0 Å². The van der Waals surface area contributed by atoms with Gasteiger partial charge in [0, 0.05) is 55.1 Å². The predicted octanol–water partition coefficient (Wildman–Crippen LogP) is 17.4. The van der Waals surface area contributed by atoms with Crippen LogP contribution in [0.15, 0.2) is 229 Å². The van der Waals surface area contributed by atoms with Crippen LogP contribution in [0.3, 0.4) is 0 Å². The first-order chi connectivity index (χ1) is 37.7. The number of hydrogen-bond acceptors (Lipinski definition) is 3. The molecule has 17 rings (SSSR count). The van der Waals surface area contributed by atoms with E-state index in [1.807, 2.05) is 6.07 Å². The summed E-state index contributed by atoms with van der Waals surface area (Å²) in [5, 5.41) is 23.6. The maximum Gasteiger partial charge on any atom is 0.145 e. The van der Waals surface area contributed by atoms with Crippen molar-refractivity contribution in [2.45, 2.75) is 6.42 Å². The summed E-state index contributed by atoms with van der Waals surface area (Å²) in [7, 11) is 0. The number of furan rings is 1. The molecule has 1 aliphatic heterocycles. The molecule has 0 fully saturated rings. The fourth-order valence-corrected chi connectivity index (χ4v) is 13.3. The second-order valence-electron chi connectivity index (χ2n) is 20.0. The third kappa shape index (κ3) is 5.33. The predicted molar refractivity (Wildman–Crippen MR) is 310 cm³/mol. The number of rotatable bonds is 5. The molecule has 0 bridgehead atoms. The molecule has 1 aliphatic rings.